The Morgan fingerprint density at radius 2 is 2.00 bits per heavy atom. The van der Waals surface area contributed by atoms with E-state index in [0.29, 0.717) is 0 Å². The zero-order chi connectivity index (χ0) is 8.97. The maximum absolute atomic E-state index is 10.6. The highest BCUT2D eigenvalue weighted by Gasteiger charge is 2.28. The molecule has 12 heavy (non-hydrogen) atoms. The molecule has 0 aromatic carbocycles. The molecular formula is C9H13NO2. The predicted molar refractivity (Wildman–Crippen MR) is 43.3 cm³/mol. The average molecular weight is 167 g/mol. The lowest BCUT2D eigenvalue weighted by Gasteiger charge is -2.22. The lowest BCUT2D eigenvalue weighted by atomic mass is 9.81. The first kappa shape index (κ1) is 9.05. The van der Waals surface area contributed by atoms with Crippen LogP contribution in [0.5, 0.6) is 0 Å². The summed E-state index contributed by atoms with van der Waals surface area (Å²) in [6.45, 7) is 0. The van der Waals surface area contributed by atoms with Crippen LogP contribution in [-0.4, -0.2) is 11.1 Å². The van der Waals surface area contributed by atoms with Crippen LogP contribution in [0.25, 0.3) is 0 Å². The van der Waals surface area contributed by atoms with Crippen molar-refractivity contribution in [2.45, 2.75) is 32.1 Å². The molecule has 66 valence electrons. The molecule has 1 saturated carbocycles. The Labute approximate surface area is 72.0 Å². The van der Waals surface area contributed by atoms with E-state index in [4.69, 9.17) is 10.4 Å². The molecule has 0 spiro atoms. The molecule has 1 fully saturated rings. The third-order valence-electron chi connectivity index (χ3n) is 2.53. The number of aliphatic carboxylic acids is 1. The van der Waals surface area contributed by atoms with Gasteiger partial charge in [0.05, 0.1) is 6.07 Å². The second-order valence-electron chi connectivity index (χ2n) is 3.34. The maximum Gasteiger partial charge on any atom is 0.321 e. The highest BCUT2D eigenvalue weighted by molar-refractivity contribution is 5.73. The zero-order valence-electron chi connectivity index (χ0n) is 6.99. The molecule has 1 atom stereocenters. The molecule has 0 aromatic heterocycles. The van der Waals surface area contributed by atoms with Crippen LogP contribution in [0.15, 0.2) is 0 Å². The molecule has 3 nitrogen and oxygen atoms in total. The Hall–Kier alpha value is -1.04. The molecule has 1 rings (SSSR count). The van der Waals surface area contributed by atoms with Crippen LogP contribution in [0, 0.1) is 23.2 Å². The van der Waals surface area contributed by atoms with E-state index in [1.165, 1.54) is 6.42 Å². The van der Waals surface area contributed by atoms with Gasteiger partial charge in [-0.3, -0.25) is 4.79 Å². The second kappa shape index (κ2) is 4.10. The van der Waals surface area contributed by atoms with Gasteiger partial charge in [0.2, 0.25) is 0 Å². The van der Waals surface area contributed by atoms with Crippen LogP contribution in [0.4, 0.5) is 0 Å². The Kier molecular flexibility index (Phi) is 3.09. The van der Waals surface area contributed by atoms with E-state index in [-0.39, 0.29) is 5.92 Å². The summed E-state index contributed by atoms with van der Waals surface area (Å²) in [5.41, 5.74) is 0. The number of carbonyl (C=O) groups is 1. The highest BCUT2D eigenvalue weighted by Crippen LogP contribution is 2.29. The third kappa shape index (κ3) is 1.97. The molecule has 0 aromatic rings. The number of rotatable bonds is 2. The van der Waals surface area contributed by atoms with Gasteiger partial charge in [-0.15, -0.1) is 0 Å². The average Bonchev–Trinajstić information content (AvgIpc) is 2.07. The number of carboxylic acid groups (broad SMARTS) is 1. The summed E-state index contributed by atoms with van der Waals surface area (Å²) in [7, 11) is 0. The quantitative estimate of drug-likeness (QED) is 0.682. The zero-order valence-corrected chi connectivity index (χ0v) is 6.99. The lowest BCUT2D eigenvalue weighted by Crippen LogP contribution is -2.23. The largest absolute Gasteiger partial charge is 0.480 e. The van der Waals surface area contributed by atoms with Crippen LogP contribution in [0.3, 0.4) is 0 Å². The first-order chi connectivity index (χ1) is 5.75. The Morgan fingerprint density at radius 3 is 2.42 bits per heavy atom. The molecule has 3 heteroatoms. The fraction of sp³-hybridized carbons (Fsp3) is 0.778. The minimum Gasteiger partial charge on any atom is -0.480 e. The van der Waals surface area contributed by atoms with Gasteiger partial charge < -0.3 is 5.11 Å². The smallest absolute Gasteiger partial charge is 0.321 e. The van der Waals surface area contributed by atoms with Crippen LogP contribution >= 0.6 is 0 Å². The van der Waals surface area contributed by atoms with Crippen molar-refractivity contribution in [3.63, 3.8) is 0 Å². The van der Waals surface area contributed by atoms with Gasteiger partial charge in [0.1, 0.15) is 5.92 Å². The van der Waals surface area contributed by atoms with Gasteiger partial charge in [0.15, 0.2) is 0 Å². The van der Waals surface area contributed by atoms with Gasteiger partial charge >= 0.3 is 5.97 Å². The molecule has 1 unspecified atom stereocenters. The summed E-state index contributed by atoms with van der Waals surface area (Å²) < 4.78 is 0. The van der Waals surface area contributed by atoms with Crippen molar-refractivity contribution in [3.05, 3.63) is 0 Å². The second-order valence-corrected chi connectivity index (χ2v) is 3.34. The number of carboxylic acids is 1. The van der Waals surface area contributed by atoms with Gasteiger partial charge in [-0.1, -0.05) is 19.3 Å². The fourth-order valence-electron chi connectivity index (χ4n) is 1.83. The van der Waals surface area contributed by atoms with E-state index in [0.717, 1.165) is 25.7 Å². The number of hydrogen-bond acceptors (Lipinski definition) is 2. The van der Waals surface area contributed by atoms with Gasteiger partial charge in [-0.2, -0.15) is 5.26 Å². The van der Waals surface area contributed by atoms with Crippen LogP contribution < -0.4 is 0 Å². The van der Waals surface area contributed by atoms with E-state index >= 15 is 0 Å². The van der Waals surface area contributed by atoms with Gasteiger partial charge in [-0.25, -0.2) is 0 Å². The third-order valence-corrected chi connectivity index (χ3v) is 2.53. The van der Waals surface area contributed by atoms with Crippen LogP contribution in [0.1, 0.15) is 32.1 Å². The summed E-state index contributed by atoms with van der Waals surface area (Å²) in [5, 5.41) is 17.3. The highest BCUT2D eigenvalue weighted by atomic mass is 16.4. The first-order valence-corrected chi connectivity index (χ1v) is 4.38. The molecule has 0 aliphatic heterocycles. The minimum absolute atomic E-state index is 0.0984. The van der Waals surface area contributed by atoms with Gasteiger partial charge in [-0.05, 0) is 18.8 Å². The monoisotopic (exact) mass is 167 g/mol. The maximum atomic E-state index is 10.6. The molecular weight excluding hydrogens is 154 g/mol. The van der Waals surface area contributed by atoms with Crippen molar-refractivity contribution in [1.82, 2.24) is 0 Å². The molecule has 0 radical (unpaired) electrons. The minimum atomic E-state index is -0.954. The molecule has 1 N–H and O–H groups in total. The van der Waals surface area contributed by atoms with Crippen molar-refractivity contribution in [2.24, 2.45) is 11.8 Å². The van der Waals surface area contributed by atoms with Gasteiger partial charge in [0.25, 0.3) is 0 Å². The summed E-state index contributed by atoms with van der Waals surface area (Å²) in [6.07, 6.45) is 5.16. The Bertz CT molecular complexity index is 201. The summed E-state index contributed by atoms with van der Waals surface area (Å²) in [6, 6.07) is 1.87. The summed E-state index contributed by atoms with van der Waals surface area (Å²) >= 11 is 0. The summed E-state index contributed by atoms with van der Waals surface area (Å²) in [4.78, 5) is 10.6. The Morgan fingerprint density at radius 1 is 1.42 bits per heavy atom. The molecule has 0 amide bonds. The standard InChI is InChI=1S/C9H13NO2/c10-6-8(9(11)12)7-4-2-1-3-5-7/h7-8H,1-5H2,(H,11,12). The van der Waals surface area contributed by atoms with Crippen molar-refractivity contribution in [2.75, 3.05) is 0 Å². The lowest BCUT2D eigenvalue weighted by molar-refractivity contribution is -0.141. The number of nitriles is 1. The van der Waals surface area contributed by atoms with Crippen LogP contribution in [-0.2, 0) is 4.79 Å². The first-order valence-electron chi connectivity index (χ1n) is 4.38. The fourth-order valence-corrected chi connectivity index (χ4v) is 1.83. The molecule has 1 aliphatic rings. The molecule has 0 bridgehead atoms. The topological polar surface area (TPSA) is 61.1 Å². The van der Waals surface area contributed by atoms with E-state index in [2.05, 4.69) is 0 Å². The Balaban J connectivity index is 2.53. The predicted octanol–water partition coefficient (Wildman–Crippen LogP) is 1.79. The number of hydrogen-bond donors (Lipinski definition) is 1. The van der Waals surface area contributed by atoms with Crippen molar-refractivity contribution in [1.29, 1.82) is 5.26 Å². The van der Waals surface area contributed by atoms with Crippen molar-refractivity contribution >= 4 is 5.97 Å². The normalized spacial score (nSPS) is 21.2. The van der Waals surface area contributed by atoms with Gasteiger partial charge in [0, 0.05) is 0 Å². The van der Waals surface area contributed by atoms with E-state index in [1.54, 1.807) is 0 Å². The molecule has 0 heterocycles. The van der Waals surface area contributed by atoms with Crippen LogP contribution in [0.2, 0.25) is 0 Å². The van der Waals surface area contributed by atoms with E-state index in [9.17, 15) is 4.79 Å². The van der Waals surface area contributed by atoms with Crippen molar-refractivity contribution < 1.29 is 9.90 Å². The van der Waals surface area contributed by atoms with E-state index < -0.39 is 11.9 Å². The number of nitrogens with zero attached hydrogens (tertiary/aromatic N) is 1. The molecule has 1 aliphatic carbocycles. The van der Waals surface area contributed by atoms with E-state index in [1.807, 2.05) is 6.07 Å². The van der Waals surface area contributed by atoms with Crippen molar-refractivity contribution in [3.8, 4) is 6.07 Å². The molecule has 0 saturated heterocycles. The summed E-state index contributed by atoms with van der Waals surface area (Å²) in [5.74, 6) is -1.63. The SMILES string of the molecule is N#CC(C(=O)O)C1CCCCC1.